The lowest BCUT2D eigenvalue weighted by atomic mass is 9.93. The molecule has 0 heterocycles. The van der Waals surface area contributed by atoms with Crippen LogP contribution < -0.4 is 5.73 Å². The van der Waals surface area contributed by atoms with Crippen molar-refractivity contribution in [1.29, 1.82) is 0 Å². The van der Waals surface area contributed by atoms with E-state index < -0.39 is 0 Å². The van der Waals surface area contributed by atoms with Crippen molar-refractivity contribution in [3.63, 3.8) is 0 Å². The average molecular weight is 193 g/mol. The van der Waals surface area contributed by atoms with Crippen molar-refractivity contribution in [1.82, 2.24) is 0 Å². The molecule has 2 heteroatoms. The van der Waals surface area contributed by atoms with Crippen molar-refractivity contribution in [2.75, 3.05) is 6.54 Å². The first-order valence-corrected chi connectivity index (χ1v) is 5.19. The van der Waals surface area contributed by atoms with Gasteiger partial charge in [-0.25, -0.2) is 4.39 Å². The molecule has 0 atom stereocenters. The summed E-state index contributed by atoms with van der Waals surface area (Å²) < 4.78 is 12.9. The lowest BCUT2D eigenvalue weighted by Crippen LogP contribution is -2.12. The van der Waals surface area contributed by atoms with Crippen LogP contribution in [0.15, 0.2) is 24.3 Å². The van der Waals surface area contributed by atoms with E-state index in [-0.39, 0.29) is 5.82 Å². The van der Waals surface area contributed by atoms with Crippen molar-refractivity contribution in [2.45, 2.75) is 25.7 Å². The second-order valence-electron chi connectivity index (χ2n) is 4.35. The molecule has 1 fully saturated rings. The molecular weight excluding hydrogens is 177 g/mol. The minimum atomic E-state index is -0.133. The number of hydrogen-bond acceptors (Lipinski definition) is 1. The molecule has 76 valence electrons. The van der Waals surface area contributed by atoms with Gasteiger partial charge in [0, 0.05) is 0 Å². The Hall–Kier alpha value is -0.890. The number of rotatable bonds is 4. The monoisotopic (exact) mass is 193 g/mol. The van der Waals surface area contributed by atoms with Gasteiger partial charge in [0.2, 0.25) is 0 Å². The molecule has 14 heavy (non-hydrogen) atoms. The molecule has 1 saturated carbocycles. The maximum Gasteiger partial charge on any atom is 0.123 e. The highest BCUT2D eigenvalue weighted by Gasteiger charge is 2.41. The number of benzene rings is 1. The molecular formula is C12H16FN. The molecule has 0 saturated heterocycles. The van der Waals surface area contributed by atoms with Gasteiger partial charge < -0.3 is 5.73 Å². The van der Waals surface area contributed by atoms with Crippen LogP contribution in [0.25, 0.3) is 0 Å². The van der Waals surface area contributed by atoms with Gasteiger partial charge in [-0.2, -0.15) is 0 Å². The van der Waals surface area contributed by atoms with E-state index in [1.165, 1.54) is 18.9 Å². The summed E-state index contributed by atoms with van der Waals surface area (Å²) in [4.78, 5) is 0. The maximum absolute atomic E-state index is 12.9. The fourth-order valence-electron chi connectivity index (χ4n) is 2.08. The molecule has 0 aromatic heterocycles. The summed E-state index contributed by atoms with van der Waals surface area (Å²) in [5.74, 6) is -0.133. The molecule has 0 amide bonds. The first-order chi connectivity index (χ1) is 6.74. The maximum atomic E-state index is 12.9. The van der Waals surface area contributed by atoms with Gasteiger partial charge >= 0.3 is 0 Å². The van der Waals surface area contributed by atoms with Crippen LogP contribution in [0.4, 0.5) is 4.39 Å². The Kier molecular flexibility index (Phi) is 2.55. The van der Waals surface area contributed by atoms with Crippen LogP contribution >= 0.6 is 0 Å². The van der Waals surface area contributed by atoms with Gasteiger partial charge in [-0.1, -0.05) is 12.1 Å². The fraction of sp³-hybridized carbons (Fsp3) is 0.500. The van der Waals surface area contributed by atoms with E-state index in [1.54, 1.807) is 12.1 Å². The van der Waals surface area contributed by atoms with Crippen LogP contribution in [-0.4, -0.2) is 6.54 Å². The largest absolute Gasteiger partial charge is 0.330 e. The summed E-state index contributed by atoms with van der Waals surface area (Å²) in [6.07, 6.45) is 4.56. The zero-order valence-corrected chi connectivity index (χ0v) is 8.30. The summed E-state index contributed by atoms with van der Waals surface area (Å²) in [7, 11) is 0. The minimum absolute atomic E-state index is 0.133. The first kappa shape index (κ1) is 9.66. The molecule has 0 spiro atoms. The summed E-state index contributed by atoms with van der Waals surface area (Å²) in [5.41, 5.74) is 7.08. The van der Waals surface area contributed by atoms with Crippen molar-refractivity contribution in [2.24, 2.45) is 11.1 Å². The molecule has 0 bridgehead atoms. The third-order valence-corrected chi connectivity index (χ3v) is 3.10. The predicted octanol–water partition coefficient (Wildman–Crippen LogP) is 2.50. The molecule has 0 aliphatic heterocycles. The molecule has 2 rings (SSSR count). The third kappa shape index (κ3) is 2.13. The van der Waals surface area contributed by atoms with Crippen LogP contribution in [0.3, 0.4) is 0 Å². The molecule has 1 aliphatic carbocycles. The average Bonchev–Trinajstić information content (AvgIpc) is 2.85. The van der Waals surface area contributed by atoms with Crippen LogP contribution in [0, 0.1) is 11.2 Å². The van der Waals surface area contributed by atoms with Crippen LogP contribution in [0.5, 0.6) is 0 Å². The number of nitrogens with two attached hydrogens (primary N) is 1. The molecule has 2 N–H and O–H groups in total. The van der Waals surface area contributed by atoms with Gasteiger partial charge in [-0.3, -0.25) is 0 Å². The summed E-state index contributed by atoms with van der Waals surface area (Å²) in [5, 5.41) is 0. The van der Waals surface area contributed by atoms with E-state index in [9.17, 15) is 4.39 Å². The van der Waals surface area contributed by atoms with Gasteiger partial charge in [0.05, 0.1) is 0 Å². The normalized spacial score (nSPS) is 18.1. The zero-order valence-electron chi connectivity index (χ0n) is 8.30. The van der Waals surface area contributed by atoms with Gasteiger partial charge in [-0.15, -0.1) is 0 Å². The Morgan fingerprint density at radius 2 is 2.14 bits per heavy atom. The van der Waals surface area contributed by atoms with Gasteiger partial charge in [0.25, 0.3) is 0 Å². The predicted molar refractivity (Wildman–Crippen MR) is 55.4 cm³/mol. The second-order valence-corrected chi connectivity index (χ2v) is 4.35. The highest BCUT2D eigenvalue weighted by atomic mass is 19.1. The first-order valence-electron chi connectivity index (χ1n) is 5.19. The van der Waals surface area contributed by atoms with Crippen molar-refractivity contribution in [3.05, 3.63) is 35.6 Å². The van der Waals surface area contributed by atoms with Crippen LogP contribution in [0.1, 0.15) is 24.8 Å². The summed E-state index contributed by atoms with van der Waals surface area (Å²) in [6.45, 7) is 0.745. The van der Waals surface area contributed by atoms with E-state index in [2.05, 4.69) is 0 Å². The fourth-order valence-corrected chi connectivity index (χ4v) is 2.08. The van der Waals surface area contributed by atoms with E-state index >= 15 is 0 Å². The Balaban J connectivity index is 2.03. The highest BCUT2D eigenvalue weighted by Crippen LogP contribution is 2.50. The minimum Gasteiger partial charge on any atom is -0.330 e. The molecule has 1 aromatic rings. The Morgan fingerprint density at radius 3 is 2.71 bits per heavy atom. The number of hydrogen-bond donors (Lipinski definition) is 1. The lowest BCUT2D eigenvalue weighted by Gasteiger charge is -2.13. The Morgan fingerprint density at radius 1 is 1.36 bits per heavy atom. The standard InChI is InChI=1S/C12H16FN/c13-11-3-1-2-10(8-11)9-12(4-5-12)6-7-14/h1-3,8H,4-7,9,14H2. The van der Waals surface area contributed by atoms with E-state index in [1.807, 2.05) is 6.07 Å². The SMILES string of the molecule is NCCC1(Cc2cccc(F)c2)CC1. The summed E-state index contributed by atoms with van der Waals surface area (Å²) in [6, 6.07) is 6.91. The molecule has 0 unspecified atom stereocenters. The summed E-state index contributed by atoms with van der Waals surface area (Å²) >= 11 is 0. The third-order valence-electron chi connectivity index (χ3n) is 3.10. The smallest absolute Gasteiger partial charge is 0.123 e. The molecule has 1 aliphatic rings. The van der Waals surface area contributed by atoms with Crippen LogP contribution in [0.2, 0.25) is 0 Å². The van der Waals surface area contributed by atoms with E-state index in [0.29, 0.717) is 5.41 Å². The highest BCUT2D eigenvalue weighted by molar-refractivity contribution is 5.19. The number of halogens is 1. The molecule has 1 aromatic carbocycles. The second kappa shape index (κ2) is 3.70. The lowest BCUT2D eigenvalue weighted by molar-refractivity contribution is 0.469. The zero-order chi connectivity index (χ0) is 10.0. The van der Waals surface area contributed by atoms with Crippen molar-refractivity contribution >= 4 is 0 Å². The quantitative estimate of drug-likeness (QED) is 0.781. The van der Waals surface area contributed by atoms with Gasteiger partial charge in [0.15, 0.2) is 0 Å². The van der Waals surface area contributed by atoms with Crippen molar-refractivity contribution < 1.29 is 4.39 Å². The topological polar surface area (TPSA) is 26.0 Å². The van der Waals surface area contributed by atoms with E-state index in [0.717, 1.165) is 24.9 Å². The molecule has 0 radical (unpaired) electrons. The molecule has 1 nitrogen and oxygen atoms in total. The Bertz CT molecular complexity index is 318. The van der Waals surface area contributed by atoms with E-state index in [4.69, 9.17) is 5.73 Å². The van der Waals surface area contributed by atoms with Gasteiger partial charge in [0.1, 0.15) is 5.82 Å². The van der Waals surface area contributed by atoms with Crippen molar-refractivity contribution in [3.8, 4) is 0 Å². The Labute approximate surface area is 84.1 Å². The van der Waals surface area contributed by atoms with Gasteiger partial charge in [-0.05, 0) is 55.3 Å². The van der Waals surface area contributed by atoms with Crippen LogP contribution in [-0.2, 0) is 6.42 Å².